The van der Waals surface area contributed by atoms with E-state index in [1.807, 2.05) is 0 Å². The van der Waals surface area contributed by atoms with Gasteiger partial charge in [0, 0.05) is 12.4 Å². The van der Waals surface area contributed by atoms with Crippen LogP contribution in [0, 0.1) is 0 Å². The maximum Gasteiger partial charge on any atom is 0.280 e. The van der Waals surface area contributed by atoms with E-state index in [9.17, 15) is 13.5 Å². The van der Waals surface area contributed by atoms with E-state index < -0.39 is 10.0 Å². The van der Waals surface area contributed by atoms with E-state index in [-0.39, 0.29) is 16.5 Å². The summed E-state index contributed by atoms with van der Waals surface area (Å²) in [6.45, 7) is 1.62. The molecule has 3 N–H and O–H groups in total. The van der Waals surface area contributed by atoms with E-state index in [1.165, 1.54) is 19.2 Å². The molecule has 0 spiro atoms. The third-order valence-corrected chi connectivity index (χ3v) is 5.62. The number of hydrogen-bond donors (Lipinski definition) is 3. The molecule has 0 aliphatic carbocycles. The molecule has 0 saturated carbocycles. The molecular formula is C17H17N5O4S. The van der Waals surface area contributed by atoms with Gasteiger partial charge in [0.1, 0.15) is 0 Å². The van der Waals surface area contributed by atoms with Crippen molar-refractivity contribution < 1.29 is 18.7 Å². The van der Waals surface area contributed by atoms with Crippen LogP contribution in [0.3, 0.4) is 0 Å². The number of aromatic hydroxyl groups is 1. The molecule has 0 unspecified atom stereocenters. The van der Waals surface area contributed by atoms with Gasteiger partial charge in [-0.05, 0) is 36.8 Å². The molecule has 0 bridgehead atoms. The van der Waals surface area contributed by atoms with Gasteiger partial charge >= 0.3 is 0 Å². The third-order valence-electron chi connectivity index (χ3n) is 3.98. The zero-order valence-electron chi connectivity index (χ0n) is 14.5. The van der Waals surface area contributed by atoms with Crippen molar-refractivity contribution in [1.29, 1.82) is 0 Å². The van der Waals surface area contributed by atoms with Gasteiger partial charge in [-0.15, -0.1) is 5.11 Å². The van der Waals surface area contributed by atoms with Gasteiger partial charge in [0.2, 0.25) is 5.88 Å². The van der Waals surface area contributed by atoms with E-state index in [0.717, 1.165) is 4.41 Å². The Hall–Kier alpha value is -3.40. The quantitative estimate of drug-likeness (QED) is 0.268. The molecule has 0 radical (unpaired) electrons. The maximum absolute atomic E-state index is 12.5. The minimum absolute atomic E-state index is 0.0756. The summed E-state index contributed by atoms with van der Waals surface area (Å²) in [5.41, 5.74) is 1.65. The number of nitrogens with one attached hydrogen (secondary N) is 1. The standard InChI is InChI=1S/C17H17N5O4S/c1-11(20-24)12-8-9-15-14(10-12)16(17(23)18-15)19-21-22(2)27(25,26)13-6-4-3-5-7-13/h3-10,18,23-24H,1-2H3. The Labute approximate surface area is 155 Å². The number of rotatable bonds is 5. The van der Waals surface area contributed by atoms with Gasteiger partial charge < -0.3 is 15.3 Å². The summed E-state index contributed by atoms with van der Waals surface area (Å²) in [4.78, 5) is 2.81. The fraction of sp³-hybridized carbons (Fsp3) is 0.118. The number of fused-ring (bicyclic) bond motifs is 1. The summed E-state index contributed by atoms with van der Waals surface area (Å²) >= 11 is 0. The lowest BCUT2D eigenvalue weighted by atomic mass is 10.1. The van der Waals surface area contributed by atoms with Crippen LogP contribution in [0.4, 0.5) is 5.69 Å². The van der Waals surface area contributed by atoms with Crippen LogP contribution in [-0.2, 0) is 10.0 Å². The predicted molar refractivity (Wildman–Crippen MR) is 99.9 cm³/mol. The number of H-pyrrole nitrogens is 1. The summed E-state index contributed by atoms with van der Waals surface area (Å²) in [5.74, 6) is -0.255. The molecule has 1 aromatic heterocycles. The Morgan fingerprint density at radius 2 is 1.85 bits per heavy atom. The Morgan fingerprint density at radius 1 is 1.15 bits per heavy atom. The van der Waals surface area contributed by atoms with Gasteiger partial charge in [-0.2, -0.15) is 12.8 Å². The first kappa shape index (κ1) is 18.4. The highest BCUT2D eigenvalue weighted by atomic mass is 32.2. The van der Waals surface area contributed by atoms with Gasteiger partial charge in [0.25, 0.3) is 10.0 Å². The Kier molecular flexibility index (Phi) is 4.82. The van der Waals surface area contributed by atoms with Crippen molar-refractivity contribution in [2.24, 2.45) is 15.5 Å². The molecule has 10 heteroatoms. The highest BCUT2D eigenvalue weighted by molar-refractivity contribution is 7.89. The highest BCUT2D eigenvalue weighted by Gasteiger charge is 2.20. The molecule has 0 atom stereocenters. The van der Waals surface area contributed by atoms with Crippen molar-refractivity contribution in [1.82, 2.24) is 9.40 Å². The van der Waals surface area contributed by atoms with Crippen LogP contribution in [-0.4, -0.2) is 40.9 Å². The van der Waals surface area contributed by atoms with E-state index in [0.29, 0.717) is 22.2 Å². The highest BCUT2D eigenvalue weighted by Crippen LogP contribution is 2.36. The molecule has 9 nitrogen and oxygen atoms in total. The number of nitrogens with zero attached hydrogens (tertiary/aromatic N) is 4. The lowest BCUT2D eigenvalue weighted by Gasteiger charge is -2.11. The van der Waals surface area contributed by atoms with Gasteiger partial charge in [0.15, 0.2) is 5.69 Å². The Balaban J connectivity index is 1.99. The zero-order chi connectivity index (χ0) is 19.6. The smallest absolute Gasteiger partial charge is 0.280 e. The van der Waals surface area contributed by atoms with Crippen molar-refractivity contribution >= 4 is 32.3 Å². The molecular weight excluding hydrogens is 370 g/mol. The lowest BCUT2D eigenvalue weighted by Crippen LogP contribution is -2.20. The molecule has 0 fully saturated rings. The van der Waals surface area contributed by atoms with Crippen molar-refractivity contribution in [2.45, 2.75) is 11.8 Å². The minimum Gasteiger partial charge on any atom is -0.493 e. The second kappa shape index (κ2) is 7.08. The largest absolute Gasteiger partial charge is 0.493 e. The number of aromatic nitrogens is 1. The Morgan fingerprint density at radius 3 is 2.52 bits per heavy atom. The summed E-state index contributed by atoms with van der Waals surface area (Å²) in [5, 5.41) is 30.3. The summed E-state index contributed by atoms with van der Waals surface area (Å²) in [7, 11) is -2.60. The van der Waals surface area contributed by atoms with Crippen LogP contribution >= 0.6 is 0 Å². The fourth-order valence-electron chi connectivity index (χ4n) is 2.45. The number of sulfonamides is 1. The number of oxime groups is 1. The second-order valence-electron chi connectivity index (χ2n) is 5.71. The second-order valence-corrected chi connectivity index (χ2v) is 7.66. The van der Waals surface area contributed by atoms with E-state index in [1.54, 1.807) is 43.3 Å². The molecule has 3 aromatic rings. The normalized spacial score (nSPS) is 12.7. The first-order chi connectivity index (χ1) is 12.8. The van der Waals surface area contributed by atoms with E-state index in [4.69, 9.17) is 5.21 Å². The molecule has 2 aromatic carbocycles. The molecule has 27 heavy (non-hydrogen) atoms. The monoisotopic (exact) mass is 387 g/mol. The average Bonchev–Trinajstić information content (AvgIpc) is 3.00. The van der Waals surface area contributed by atoms with Gasteiger partial charge in [0.05, 0.1) is 16.1 Å². The molecule has 3 rings (SSSR count). The third kappa shape index (κ3) is 3.47. The minimum atomic E-state index is -3.85. The molecule has 0 aliphatic heterocycles. The molecule has 0 aliphatic rings. The summed E-state index contributed by atoms with van der Waals surface area (Å²) in [6.07, 6.45) is 0. The number of benzene rings is 2. The maximum atomic E-state index is 12.5. The van der Waals surface area contributed by atoms with E-state index in [2.05, 4.69) is 20.5 Å². The van der Waals surface area contributed by atoms with Crippen molar-refractivity contribution in [3.63, 3.8) is 0 Å². The Bertz CT molecular complexity index is 1140. The molecule has 140 valence electrons. The van der Waals surface area contributed by atoms with Crippen LogP contribution in [0.25, 0.3) is 10.9 Å². The van der Waals surface area contributed by atoms with Gasteiger partial charge in [-0.3, -0.25) is 0 Å². The predicted octanol–water partition coefficient (Wildman–Crippen LogP) is 3.39. The van der Waals surface area contributed by atoms with Crippen LogP contribution in [0.1, 0.15) is 12.5 Å². The van der Waals surface area contributed by atoms with Crippen LogP contribution in [0.15, 0.2) is 68.9 Å². The van der Waals surface area contributed by atoms with Crippen LogP contribution < -0.4 is 0 Å². The van der Waals surface area contributed by atoms with Crippen molar-refractivity contribution in [3.05, 3.63) is 54.1 Å². The lowest BCUT2D eigenvalue weighted by molar-refractivity contribution is 0.319. The number of hydrogen-bond acceptors (Lipinski definition) is 7. The molecule has 1 heterocycles. The fourth-order valence-corrected chi connectivity index (χ4v) is 3.39. The number of aromatic amines is 1. The van der Waals surface area contributed by atoms with Gasteiger partial charge in [-0.1, -0.05) is 34.6 Å². The van der Waals surface area contributed by atoms with Gasteiger partial charge in [-0.25, -0.2) is 0 Å². The topological polar surface area (TPSA) is 131 Å². The van der Waals surface area contributed by atoms with E-state index >= 15 is 0 Å². The molecule has 0 saturated heterocycles. The van der Waals surface area contributed by atoms with Crippen molar-refractivity contribution in [3.8, 4) is 5.88 Å². The average molecular weight is 387 g/mol. The van der Waals surface area contributed by atoms with Crippen molar-refractivity contribution in [2.75, 3.05) is 7.05 Å². The zero-order valence-corrected chi connectivity index (χ0v) is 15.3. The molecule has 0 amide bonds. The SMILES string of the molecule is CC(=NO)c1ccc2[nH]c(O)c(N=NN(C)S(=O)(=O)c3ccccc3)c2c1. The first-order valence-electron chi connectivity index (χ1n) is 7.84. The summed E-state index contributed by atoms with van der Waals surface area (Å²) < 4.78 is 25.7. The first-order valence-corrected chi connectivity index (χ1v) is 9.28. The van der Waals surface area contributed by atoms with Crippen LogP contribution in [0.5, 0.6) is 5.88 Å². The van der Waals surface area contributed by atoms with Crippen LogP contribution in [0.2, 0.25) is 0 Å². The summed E-state index contributed by atoms with van der Waals surface area (Å²) in [6, 6.07) is 12.9.